The van der Waals surface area contributed by atoms with Crippen LogP contribution in [0.2, 0.25) is 0 Å². The number of aromatic nitrogens is 1. The second-order valence-electron chi connectivity index (χ2n) is 3.62. The Morgan fingerprint density at radius 2 is 2.18 bits per heavy atom. The van der Waals surface area contributed by atoms with Gasteiger partial charge in [0.15, 0.2) is 0 Å². The van der Waals surface area contributed by atoms with Crippen molar-refractivity contribution in [1.29, 1.82) is 0 Å². The van der Waals surface area contributed by atoms with Gasteiger partial charge < -0.3 is 5.32 Å². The predicted octanol–water partition coefficient (Wildman–Crippen LogP) is -0.411. The lowest BCUT2D eigenvalue weighted by Crippen LogP contribution is -2.37. The van der Waals surface area contributed by atoms with Crippen molar-refractivity contribution in [2.45, 2.75) is 6.54 Å². The van der Waals surface area contributed by atoms with E-state index in [1.807, 2.05) is 6.07 Å². The van der Waals surface area contributed by atoms with Crippen LogP contribution >= 0.6 is 0 Å². The van der Waals surface area contributed by atoms with Crippen molar-refractivity contribution in [2.24, 2.45) is 0 Å². The lowest BCUT2D eigenvalue weighted by atomic mass is 10.3. The molecule has 1 aromatic heterocycles. The summed E-state index contributed by atoms with van der Waals surface area (Å²) in [6, 6.07) is 5.38. The highest BCUT2D eigenvalue weighted by molar-refractivity contribution is 7.88. The van der Waals surface area contributed by atoms with E-state index < -0.39 is 10.0 Å². The molecule has 1 amide bonds. The predicted molar refractivity (Wildman–Crippen MR) is 63.6 cm³/mol. The maximum Gasteiger partial charge on any atom is 0.235 e. The fourth-order valence-electron chi connectivity index (χ4n) is 1.07. The summed E-state index contributed by atoms with van der Waals surface area (Å²) in [5.41, 5.74) is 0.725. The number of pyridine rings is 1. The van der Waals surface area contributed by atoms with Gasteiger partial charge in [-0.1, -0.05) is 6.07 Å². The summed E-state index contributed by atoms with van der Waals surface area (Å²) in [5.74, 6) is -0.358. The number of sulfonamides is 1. The average Bonchev–Trinajstić information content (AvgIpc) is 2.26. The fourth-order valence-corrected chi connectivity index (χ4v) is 1.42. The van der Waals surface area contributed by atoms with E-state index in [1.54, 1.807) is 18.3 Å². The summed E-state index contributed by atoms with van der Waals surface area (Å²) >= 11 is 0. The molecule has 0 aliphatic rings. The van der Waals surface area contributed by atoms with Gasteiger partial charge in [-0.15, -0.1) is 0 Å². The molecule has 0 saturated heterocycles. The molecule has 0 bridgehead atoms. The van der Waals surface area contributed by atoms with E-state index in [4.69, 9.17) is 0 Å². The zero-order chi connectivity index (χ0) is 12.9. The first-order chi connectivity index (χ1) is 7.89. The molecule has 0 aliphatic carbocycles. The van der Waals surface area contributed by atoms with Crippen molar-refractivity contribution in [3.63, 3.8) is 0 Å². The molecule has 0 spiro atoms. The van der Waals surface area contributed by atoms with E-state index >= 15 is 0 Å². The number of carbonyl (C=O) groups is 1. The van der Waals surface area contributed by atoms with Crippen molar-refractivity contribution in [1.82, 2.24) is 14.6 Å². The lowest BCUT2D eigenvalue weighted by Gasteiger charge is -2.13. The van der Waals surface area contributed by atoms with Crippen LogP contribution in [-0.4, -0.2) is 43.5 Å². The van der Waals surface area contributed by atoms with Crippen LogP contribution in [0.1, 0.15) is 5.69 Å². The Labute approximate surface area is 101 Å². The van der Waals surface area contributed by atoms with Gasteiger partial charge in [-0.25, -0.2) is 8.42 Å². The minimum Gasteiger partial charge on any atom is -0.349 e. The minimum atomic E-state index is -3.32. The molecule has 7 heteroatoms. The molecular formula is C10H15N3O3S. The summed E-state index contributed by atoms with van der Waals surface area (Å²) < 4.78 is 23.1. The minimum absolute atomic E-state index is 0.189. The monoisotopic (exact) mass is 257 g/mol. The molecule has 0 saturated carbocycles. The van der Waals surface area contributed by atoms with Crippen LogP contribution < -0.4 is 5.32 Å². The van der Waals surface area contributed by atoms with Gasteiger partial charge in [0.1, 0.15) is 0 Å². The van der Waals surface area contributed by atoms with Crippen molar-refractivity contribution >= 4 is 15.9 Å². The Kier molecular flexibility index (Phi) is 4.59. The molecule has 0 aromatic carbocycles. The number of carbonyl (C=O) groups excluding carboxylic acids is 1. The maximum absolute atomic E-state index is 11.4. The van der Waals surface area contributed by atoms with Crippen LogP contribution in [0, 0.1) is 0 Å². The first-order valence-electron chi connectivity index (χ1n) is 4.97. The van der Waals surface area contributed by atoms with E-state index in [-0.39, 0.29) is 19.0 Å². The quantitative estimate of drug-likeness (QED) is 0.777. The molecule has 0 aliphatic heterocycles. The summed E-state index contributed by atoms with van der Waals surface area (Å²) in [4.78, 5) is 15.5. The topological polar surface area (TPSA) is 79.4 Å². The molecule has 0 fully saturated rings. The van der Waals surface area contributed by atoms with Crippen LogP contribution in [0.3, 0.4) is 0 Å². The number of nitrogens with one attached hydrogen (secondary N) is 1. The second-order valence-corrected chi connectivity index (χ2v) is 5.71. The van der Waals surface area contributed by atoms with Crippen LogP contribution in [-0.2, 0) is 21.4 Å². The van der Waals surface area contributed by atoms with Crippen molar-refractivity contribution in [3.8, 4) is 0 Å². The van der Waals surface area contributed by atoms with E-state index in [0.29, 0.717) is 0 Å². The number of rotatable bonds is 5. The molecule has 6 nitrogen and oxygen atoms in total. The second kappa shape index (κ2) is 5.74. The molecule has 0 radical (unpaired) electrons. The molecule has 1 N–H and O–H groups in total. The van der Waals surface area contributed by atoms with Crippen LogP contribution in [0.4, 0.5) is 0 Å². The first-order valence-corrected chi connectivity index (χ1v) is 6.82. The van der Waals surface area contributed by atoms with Gasteiger partial charge in [0.25, 0.3) is 0 Å². The summed E-state index contributed by atoms with van der Waals surface area (Å²) in [6.07, 6.45) is 2.68. The number of hydrogen-bond donors (Lipinski definition) is 1. The lowest BCUT2D eigenvalue weighted by molar-refractivity contribution is -0.121. The highest BCUT2D eigenvalue weighted by atomic mass is 32.2. The summed E-state index contributed by atoms with van der Waals surface area (Å²) in [6.45, 7) is 0.100. The zero-order valence-electron chi connectivity index (χ0n) is 9.75. The molecule has 1 rings (SSSR count). The molecular weight excluding hydrogens is 242 g/mol. The number of likely N-dealkylation sites (N-methyl/N-ethyl adjacent to an activating group) is 1. The van der Waals surface area contributed by atoms with E-state index in [2.05, 4.69) is 10.3 Å². The highest BCUT2D eigenvalue weighted by Crippen LogP contribution is 1.94. The van der Waals surface area contributed by atoms with Crippen molar-refractivity contribution in [3.05, 3.63) is 30.1 Å². The number of amides is 1. The Hall–Kier alpha value is -1.47. The normalized spacial score (nSPS) is 11.5. The summed E-state index contributed by atoms with van der Waals surface area (Å²) in [7, 11) is -1.97. The Balaban J connectivity index is 2.41. The van der Waals surface area contributed by atoms with Crippen LogP contribution in [0.5, 0.6) is 0 Å². The zero-order valence-corrected chi connectivity index (χ0v) is 10.6. The first kappa shape index (κ1) is 13.6. The molecule has 1 heterocycles. The highest BCUT2D eigenvalue weighted by Gasteiger charge is 2.14. The number of hydrogen-bond acceptors (Lipinski definition) is 4. The third-order valence-corrected chi connectivity index (χ3v) is 3.39. The number of nitrogens with zero attached hydrogens (tertiary/aromatic N) is 2. The van der Waals surface area contributed by atoms with E-state index in [1.165, 1.54) is 7.05 Å². The van der Waals surface area contributed by atoms with Crippen molar-refractivity contribution < 1.29 is 13.2 Å². The molecule has 94 valence electrons. The Morgan fingerprint density at radius 1 is 1.47 bits per heavy atom. The molecule has 17 heavy (non-hydrogen) atoms. The van der Waals surface area contributed by atoms with Crippen LogP contribution in [0.25, 0.3) is 0 Å². The summed E-state index contributed by atoms with van der Waals surface area (Å²) in [5, 5.41) is 2.59. The standard InChI is InChI=1S/C10H15N3O3S/c1-13(17(2,15)16)8-10(14)12-7-9-5-3-4-6-11-9/h3-6H,7-8H2,1-2H3,(H,12,14). The van der Waals surface area contributed by atoms with Gasteiger partial charge in [0.2, 0.25) is 15.9 Å². The molecule has 1 aromatic rings. The van der Waals surface area contributed by atoms with Crippen molar-refractivity contribution in [2.75, 3.05) is 19.8 Å². The van der Waals surface area contributed by atoms with Gasteiger partial charge in [-0.05, 0) is 12.1 Å². The van der Waals surface area contributed by atoms with Gasteiger partial charge in [-0.3, -0.25) is 9.78 Å². The Bertz CT molecular complexity index is 473. The van der Waals surface area contributed by atoms with Crippen LogP contribution in [0.15, 0.2) is 24.4 Å². The van der Waals surface area contributed by atoms with E-state index in [9.17, 15) is 13.2 Å². The van der Waals surface area contributed by atoms with E-state index in [0.717, 1.165) is 16.3 Å². The largest absolute Gasteiger partial charge is 0.349 e. The van der Waals surface area contributed by atoms with Gasteiger partial charge in [-0.2, -0.15) is 4.31 Å². The smallest absolute Gasteiger partial charge is 0.235 e. The van der Waals surface area contributed by atoms with Gasteiger partial charge >= 0.3 is 0 Å². The third kappa shape index (κ3) is 4.92. The Morgan fingerprint density at radius 3 is 2.71 bits per heavy atom. The molecule has 0 atom stereocenters. The SMILES string of the molecule is CN(CC(=O)NCc1ccccn1)S(C)(=O)=O. The van der Waals surface area contributed by atoms with Gasteiger partial charge in [0.05, 0.1) is 25.0 Å². The fraction of sp³-hybridized carbons (Fsp3) is 0.400. The van der Waals surface area contributed by atoms with Gasteiger partial charge in [0, 0.05) is 13.2 Å². The maximum atomic E-state index is 11.4. The average molecular weight is 257 g/mol. The molecule has 0 unspecified atom stereocenters. The third-order valence-electron chi connectivity index (χ3n) is 2.13.